The van der Waals surface area contributed by atoms with E-state index in [2.05, 4.69) is 38.3 Å². The average Bonchev–Trinajstić information content (AvgIpc) is 2.44. The fourth-order valence-electron chi connectivity index (χ4n) is 3.48. The van der Waals surface area contributed by atoms with E-state index in [1.807, 2.05) is 6.07 Å². The highest BCUT2D eigenvalue weighted by Gasteiger charge is 2.60. The molecule has 1 aliphatic carbocycles. The number of nitriles is 1. The van der Waals surface area contributed by atoms with Crippen molar-refractivity contribution in [3.63, 3.8) is 0 Å². The van der Waals surface area contributed by atoms with E-state index in [9.17, 15) is 4.79 Å². The lowest BCUT2D eigenvalue weighted by Crippen LogP contribution is -2.76. The smallest absolute Gasteiger partial charge is 0.319 e. The van der Waals surface area contributed by atoms with Crippen molar-refractivity contribution >= 4 is 11.7 Å². The van der Waals surface area contributed by atoms with E-state index >= 15 is 0 Å². The molecule has 0 aromatic heterocycles. The quantitative estimate of drug-likeness (QED) is 0.779. The lowest BCUT2D eigenvalue weighted by Gasteiger charge is -2.62. The number of anilines is 1. The molecule has 0 unspecified atom stereocenters. The first-order valence-corrected chi connectivity index (χ1v) is 7.03. The van der Waals surface area contributed by atoms with Gasteiger partial charge in [-0.3, -0.25) is 0 Å². The van der Waals surface area contributed by atoms with Crippen LogP contribution in [0.25, 0.3) is 0 Å². The first kappa shape index (κ1) is 15.3. The molecule has 5 heteroatoms. The van der Waals surface area contributed by atoms with Crippen molar-refractivity contribution in [2.24, 2.45) is 16.6 Å². The van der Waals surface area contributed by atoms with Crippen LogP contribution in [0.15, 0.2) is 24.3 Å². The lowest BCUT2D eigenvalue weighted by molar-refractivity contribution is -0.0638. The van der Waals surface area contributed by atoms with E-state index in [-0.39, 0.29) is 28.9 Å². The molecule has 2 amide bonds. The van der Waals surface area contributed by atoms with E-state index in [0.717, 1.165) is 0 Å². The number of nitrogens with one attached hydrogen (secondary N) is 2. The molecule has 1 aromatic rings. The molecule has 4 N–H and O–H groups in total. The normalized spacial score (nSPS) is 25.3. The summed E-state index contributed by atoms with van der Waals surface area (Å²) in [7, 11) is 0. The third-order valence-corrected chi connectivity index (χ3v) is 4.64. The number of carbonyl (C=O) groups is 1. The van der Waals surface area contributed by atoms with Crippen LogP contribution in [0.5, 0.6) is 0 Å². The van der Waals surface area contributed by atoms with E-state index < -0.39 is 0 Å². The van der Waals surface area contributed by atoms with Gasteiger partial charge in [-0.1, -0.05) is 27.7 Å². The Morgan fingerprint density at radius 1 is 1.19 bits per heavy atom. The van der Waals surface area contributed by atoms with Crippen LogP contribution in [0.2, 0.25) is 0 Å². The highest BCUT2D eigenvalue weighted by atomic mass is 16.2. The van der Waals surface area contributed by atoms with Crippen LogP contribution in [0.4, 0.5) is 10.5 Å². The Labute approximate surface area is 125 Å². The van der Waals surface area contributed by atoms with Gasteiger partial charge in [0.15, 0.2) is 0 Å². The Hall–Kier alpha value is -2.06. The molecule has 0 radical (unpaired) electrons. The molecule has 1 saturated carbocycles. The third kappa shape index (κ3) is 2.59. The summed E-state index contributed by atoms with van der Waals surface area (Å²) in [5.74, 6) is 0. The summed E-state index contributed by atoms with van der Waals surface area (Å²) in [6.45, 7) is 8.26. The van der Waals surface area contributed by atoms with Crippen molar-refractivity contribution in [3.05, 3.63) is 29.8 Å². The number of rotatable bonds is 2. The van der Waals surface area contributed by atoms with Crippen LogP contribution in [-0.2, 0) is 0 Å². The molecular formula is C16H22N4O. The largest absolute Gasteiger partial charge is 0.334 e. The Morgan fingerprint density at radius 3 is 2.19 bits per heavy atom. The van der Waals surface area contributed by atoms with Crippen molar-refractivity contribution in [3.8, 4) is 6.07 Å². The summed E-state index contributed by atoms with van der Waals surface area (Å²) in [5.41, 5.74) is 7.14. The number of nitrogens with two attached hydrogens (primary N) is 1. The molecule has 1 aromatic carbocycles. The highest BCUT2D eigenvalue weighted by molar-refractivity contribution is 5.89. The van der Waals surface area contributed by atoms with Gasteiger partial charge in [-0.15, -0.1) is 0 Å². The zero-order chi connectivity index (χ0) is 15.8. The maximum absolute atomic E-state index is 12.1. The van der Waals surface area contributed by atoms with Gasteiger partial charge >= 0.3 is 6.03 Å². The van der Waals surface area contributed by atoms with Crippen LogP contribution in [0.3, 0.4) is 0 Å². The predicted octanol–water partition coefficient (Wildman–Crippen LogP) is 2.44. The number of hydrogen-bond acceptors (Lipinski definition) is 3. The van der Waals surface area contributed by atoms with E-state index in [4.69, 9.17) is 11.0 Å². The first-order chi connectivity index (χ1) is 9.69. The van der Waals surface area contributed by atoms with Gasteiger partial charge in [-0.05, 0) is 24.3 Å². The summed E-state index contributed by atoms with van der Waals surface area (Å²) in [5, 5.41) is 14.5. The first-order valence-electron chi connectivity index (χ1n) is 7.03. The molecule has 1 fully saturated rings. The summed E-state index contributed by atoms with van der Waals surface area (Å²) in [6, 6.07) is 8.61. The maximum atomic E-state index is 12.1. The van der Waals surface area contributed by atoms with Gasteiger partial charge in [0.25, 0.3) is 0 Å². The van der Waals surface area contributed by atoms with Gasteiger partial charge in [0, 0.05) is 28.6 Å². The topological polar surface area (TPSA) is 90.9 Å². The maximum Gasteiger partial charge on any atom is 0.319 e. The minimum absolute atomic E-state index is 0.0124. The van der Waals surface area contributed by atoms with Gasteiger partial charge in [-0.25, -0.2) is 4.79 Å². The van der Waals surface area contributed by atoms with Gasteiger partial charge in [0.05, 0.1) is 11.6 Å². The second kappa shape index (κ2) is 5.05. The van der Waals surface area contributed by atoms with Crippen LogP contribution in [0.1, 0.15) is 33.3 Å². The Kier molecular flexibility index (Phi) is 3.68. The minimum Gasteiger partial charge on any atom is -0.334 e. The van der Waals surface area contributed by atoms with E-state index in [1.165, 1.54) is 0 Å². The van der Waals surface area contributed by atoms with Gasteiger partial charge in [-0.2, -0.15) is 5.26 Å². The summed E-state index contributed by atoms with van der Waals surface area (Å²) in [4.78, 5) is 12.1. The fraction of sp³-hybridized carbons (Fsp3) is 0.500. The molecule has 0 aliphatic heterocycles. The van der Waals surface area contributed by atoms with Gasteiger partial charge in [0.2, 0.25) is 0 Å². The molecule has 112 valence electrons. The Morgan fingerprint density at radius 2 is 1.71 bits per heavy atom. The monoisotopic (exact) mass is 286 g/mol. The Bertz CT molecular complexity index is 567. The number of hydrogen-bond donors (Lipinski definition) is 3. The Balaban J connectivity index is 2.00. The zero-order valence-electron chi connectivity index (χ0n) is 12.9. The standard InChI is InChI=1S/C16H22N4O/c1-15(2)12(18)16(3,4)13(15)20-14(21)19-11-7-5-10(9-17)6-8-11/h5-8,12-13H,18H2,1-4H3,(H2,19,20,21). The van der Waals surface area contributed by atoms with Crippen molar-refractivity contribution in [1.29, 1.82) is 5.26 Å². The van der Waals surface area contributed by atoms with Crippen molar-refractivity contribution in [1.82, 2.24) is 5.32 Å². The summed E-state index contributed by atoms with van der Waals surface area (Å²) >= 11 is 0. The zero-order valence-corrected chi connectivity index (χ0v) is 12.9. The minimum atomic E-state index is -0.252. The second-order valence-electron chi connectivity index (χ2n) is 6.84. The second-order valence-corrected chi connectivity index (χ2v) is 6.84. The molecule has 0 spiro atoms. The summed E-state index contributed by atoms with van der Waals surface area (Å²) < 4.78 is 0. The predicted molar refractivity (Wildman–Crippen MR) is 82.6 cm³/mol. The van der Waals surface area contributed by atoms with E-state index in [1.54, 1.807) is 24.3 Å². The summed E-state index contributed by atoms with van der Waals surface area (Å²) in [6.07, 6.45) is 0. The van der Waals surface area contributed by atoms with Gasteiger partial charge < -0.3 is 16.4 Å². The molecule has 2 rings (SSSR count). The lowest BCUT2D eigenvalue weighted by atomic mass is 9.48. The SMILES string of the molecule is CC1(C)C(N)C(C)(C)C1NC(=O)Nc1ccc(C#N)cc1. The molecule has 0 heterocycles. The number of amides is 2. The van der Waals surface area contributed by atoms with Crippen molar-refractivity contribution in [2.75, 3.05) is 5.32 Å². The number of carbonyl (C=O) groups excluding carboxylic acids is 1. The number of urea groups is 1. The van der Waals surface area contributed by atoms with Crippen LogP contribution < -0.4 is 16.4 Å². The van der Waals surface area contributed by atoms with Crippen LogP contribution >= 0.6 is 0 Å². The van der Waals surface area contributed by atoms with Crippen LogP contribution in [-0.4, -0.2) is 18.1 Å². The molecular weight excluding hydrogens is 264 g/mol. The molecule has 0 saturated heterocycles. The number of nitrogens with zero attached hydrogens (tertiary/aromatic N) is 1. The fourth-order valence-corrected chi connectivity index (χ4v) is 3.48. The third-order valence-electron chi connectivity index (χ3n) is 4.64. The van der Waals surface area contributed by atoms with Crippen molar-refractivity contribution in [2.45, 2.75) is 39.8 Å². The average molecular weight is 286 g/mol. The highest BCUT2D eigenvalue weighted by Crippen LogP contribution is 2.52. The van der Waals surface area contributed by atoms with Crippen LogP contribution in [0, 0.1) is 22.2 Å². The molecule has 1 aliphatic rings. The number of benzene rings is 1. The van der Waals surface area contributed by atoms with Gasteiger partial charge in [0.1, 0.15) is 0 Å². The molecule has 21 heavy (non-hydrogen) atoms. The molecule has 0 bridgehead atoms. The molecule has 0 atom stereocenters. The van der Waals surface area contributed by atoms with Crippen molar-refractivity contribution < 1.29 is 4.79 Å². The molecule has 5 nitrogen and oxygen atoms in total. The van der Waals surface area contributed by atoms with E-state index in [0.29, 0.717) is 11.3 Å².